The predicted molar refractivity (Wildman–Crippen MR) is 104 cm³/mol. The van der Waals surface area contributed by atoms with E-state index in [4.69, 9.17) is 0 Å². The number of rotatable bonds is 4. The fourth-order valence-corrected chi connectivity index (χ4v) is 3.60. The third-order valence-electron chi connectivity index (χ3n) is 5.02. The lowest BCUT2D eigenvalue weighted by Gasteiger charge is -2.36. The summed E-state index contributed by atoms with van der Waals surface area (Å²) in [4.78, 5) is 24.9. The highest BCUT2D eigenvalue weighted by Gasteiger charge is 2.40. The Bertz CT molecular complexity index is 814. The molecule has 142 valence electrons. The van der Waals surface area contributed by atoms with Crippen LogP contribution in [0.2, 0.25) is 0 Å². The predicted octanol–water partition coefficient (Wildman–Crippen LogP) is 4.06. The molecule has 3 rings (SSSR count). The number of amides is 3. The smallest absolute Gasteiger partial charge is 0.320 e. The quantitative estimate of drug-likeness (QED) is 0.760. The van der Waals surface area contributed by atoms with E-state index < -0.39 is 11.6 Å². The average molecular weight is 369 g/mol. The molecule has 0 aromatic heterocycles. The molecule has 0 radical (unpaired) electrons. The lowest BCUT2D eigenvalue weighted by atomic mass is 9.81. The number of nitrogens with one attached hydrogen (secondary N) is 3. The molecular formula is C21H24FN3O2. The molecule has 3 N–H and O–H groups in total. The highest BCUT2D eigenvalue weighted by atomic mass is 19.1. The minimum absolute atomic E-state index is 0.155. The Hall–Kier alpha value is -2.89. The van der Waals surface area contributed by atoms with Crippen molar-refractivity contribution in [2.24, 2.45) is 0 Å². The van der Waals surface area contributed by atoms with E-state index in [0.29, 0.717) is 18.5 Å². The van der Waals surface area contributed by atoms with E-state index in [1.807, 2.05) is 18.2 Å². The van der Waals surface area contributed by atoms with Gasteiger partial charge in [0.25, 0.3) is 0 Å². The van der Waals surface area contributed by atoms with E-state index in [-0.39, 0.29) is 11.7 Å². The standard InChI is InChI=1S/C21H24FN3O2/c1-23-19(26)21(12-3-2-4-13-21)25-20(27)24-18-7-5-6-16(14-18)15-8-10-17(22)11-9-15/h5-11,14H,2-4,12-13H2,1H3,(H,23,26)(H2,24,25,27). The Labute approximate surface area is 158 Å². The van der Waals surface area contributed by atoms with Gasteiger partial charge in [-0.15, -0.1) is 0 Å². The molecule has 2 aromatic carbocycles. The minimum atomic E-state index is -0.856. The van der Waals surface area contributed by atoms with E-state index in [1.165, 1.54) is 12.1 Å². The van der Waals surface area contributed by atoms with Crippen LogP contribution in [0.1, 0.15) is 32.1 Å². The first-order chi connectivity index (χ1) is 13.0. The van der Waals surface area contributed by atoms with Crippen LogP contribution in [0.25, 0.3) is 11.1 Å². The fourth-order valence-electron chi connectivity index (χ4n) is 3.60. The molecule has 1 saturated carbocycles. The van der Waals surface area contributed by atoms with Gasteiger partial charge in [0.05, 0.1) is 0 Å². The van der Waals surface area contributed by atoms with Crippen molar-refractivity contribution in [3.8, 4) is 11.1 Å². The third-order valence-corrected chi connectivity index (χ3v) is 5.02. The van der Waals surface area contributed by atoms with E-state index in [9.17, 15) is 14.0 Å². The van der Waals surface area contributed by atoms with Crippen LogP contribution in [-0.4, -0.2) is 24.5 Å². The Morgan fingerprint density at radius 3 is 2.33 bits per heavy atom. The SMILES string of the molecule is CNC(=O)C1(NC(=O)Nc2cccc(-c3ccc(F)cc3)c2)CCCCC1. The van der Waals surface area contributed by atoms with Crippen LogP contribution in [0.5, 0.6) is 0 Å². The van der Waals surface area contributed by atoms with Crippen LogP contribution < -0.4 is 16.0 Å². The lowest BCUT2D eigenvalue weighted by Crippen LogP contribution is -2.60. The molecule has 1 aliphatic carbocycles. The zero-order valence-electron chi connectivity index (χ0n) is 15.3. The second-order valence-electron chi connectivity index (χ2n) is 6.89. The summed E-state index contributed by atoms with van der Waals surface area (Å²) >= 11 is 0. The Morgan fingerprint density at radius 1 is 0.963 bits per heavy atom. The van der Waals surface area contributed by atoms with Crippen molar-refractivity contribution in [2.45, 2.75) is 37.6 Å². The van der Waals surface area contributed by atoms with Gasteiger partial charge in [-0.1, -0.05) is 43.5 Å². The van der Waals surface area contributed by atoms with Gasteiger partial charge >= 0.3 is 6.03 Å². The van der Waals surface area contributed by atoms with E-state index in [2.05, 4.69) is 16.0 Å². The third kappa shape index (κ3) is 4.45. The van der Waals surface area contributed by atoms with Gasteiger partial charge in [-0.25, -0.2) is 9.18 Å². The summed E-state index contributed by atoms with van der Waals surface area (Å²) in [6, 6.07) is 13.1. The molecule has 5 nitrogen and oxygen atoms in total. The molecule has 3 amide bonds. The normalized spacial score (nSPS) is 15.6. The first-order valence-electron chi connectivity index (χ1n) is 9.20. The van der Waals surface area contributed by atoms with Crippen molar-refractivity contribution < 1.29 is 14.0 Å². The molecule has 0 aliphatic heterocycles. The van der Waals surface area contributed by atoms with Crippen molar-refractivity contribution in [2.75, 3.05) is 12.4 Å². The number of anilines is 1. The number of urea groups is 1. The maximum Gasteiger partial charge on any atom is 0.320 e. The minimum Gasteiger partial charge on any atom is -0.357 e. The van der Waals surface area contributed by atoms with Gasteiger partial charge in [-0.2, -0.15) is 0 Å². The van der Waals surface area contributed by atoms with Gasteiger partial charge in [-0.3, -0.25) is 4.79 Å². The highest BCUT2D eigenvalue weighted by Crippen LogP contribution is 2.29. The number of hydrogen-bond donors (Lipinski definition) is 3. The first-order valence-corrected chi connectivity index (χ1v) is 9.20. The lowest BCUT2D eigenvalue weighted by molar-refractivity contribution is -0.128. The maximum absolute atomic E-state index is 13.1. The molecule has 0 atom stereocenters. The molecule has 0 heterocycles. The molecule has 0 unspecified atom stereocenters. The molecule has 6 heteroatoms. The zero-order chi connectivity index (χ0) is 19.3. The number of benzene rings is 2. The van der Waals surface area contributed by atoms with Gasteiger partial charge in [0.15, 0.2) is 0 Å². The van der Waals surface area contributed by atoms with E-state index in [1.54, 1.807) is 25.2 Å². The Balaban J connectivity index is 1.73. The second-order valence-corrected chi connectivity index (χ2v) is 6.89. The van der Waals surface area contributed by atoms with Gasteiger partial charge in [0, 0.05) is 12.7 Å². The van der Waals surface area contributed by atoms with E-state index in [0.717, 1.165) is 30.4 Å². The first kappa shape index (κ1) is 18.9. The zero-order valence-corrected chi connectivity index (χ0v) is 15.3. The topological polar surface area (TPSA) is 70.2 Å². The van der Waals surface area contributed by atoms with Crippen LogP contribution in [0, 0.1) is 5.82 Å². The number of likely N-dealkylation sites (N-methyl/N-ethyl adjacent to an activating group) is 1. The number of halogens is 1. The van der Waals surface area contributed by atoms with Crippen LogP contribution in [0.3, 0.4) is 0 Å². The van der Waals surface area contributed by atoms with Crippen molar-refractivity contribution in [3.05, 3.63) is 54.3 Å². The van der Waals surface area contributed by atoms with Gasteiger partial charge in [-0.05, 0) is 48.2 Å². The molecular weight excluding hydrogens is 345 g/mol. The summed E-state index contributed by atoms with van der Waals surface area (Å²) in [5, 5.41) is 8.36. The molecule has 2 aromatic rings. The summed E-state index contributed by atoms with van der Waals surface area (Å²) in [5.41, 5.74) is 1.48. The van der Waals surface area contributed by atoms with Gasteiger partial charge in [0.1, 0.15) is 11.4 Å². The van der Waals surface area contributed by atoms with Crippen LogP contribution in [-0.2, 0) is 4.79 Å². The average Bonchev–Trinajstić information content (AvgIpc) is 2.68. The van der Waals surface area contributed by atoms with Gasteiger partial charge < -0.3 is 16.0 Å². The largest absolute Gasteiger partial charge is 0.357 e. The highest BCUT2D eigenvalue weighted by molar-refractivity contribution is 5.96. The van der Waals surface area contributed by atoms with Crippen LogP contribution in [0.4, 0.5) is 14.9 Å². The summed E-state index contributed by atoms with van der Waals surface area (Å²) < 4.78 is 13.1. The molecule has 27 heavy (non-hydrogen) atoms. The summed E-state index contributed by atoms with van der Waals surface area (Å²) in [6.07, 6.45) is 4.16. The molecule has 1 fully saturated rings. The van der Waals surface area contributed by atoms with Crippen LogP contribution in [0.15, 0.2) is 48.5 Å². The maximum atomic E-state index is 13.1. The molecule has 0 spiro atoms. The second kappa shape index (κ2) is 8.20. The number of carbonyl (C=O) groups is 2. The monoisotopic (exact) mass is 369 g/mol. The molecule has 1 aliphatic rings. The van der Waals surface area contributed by atoms with Crippen LogP contribution >= 0.6 is 0 Å². The summed E-state index contributed by atoms with van der Waals surface area (Å²) in [7, 11) is 1.59. The Morgan fingerprint density at radius 2 is 1.67 bits per heavy atom. The van der Waals surface area contributed by atoms with Crippen molar-refractivity contribution in [3.63, 3.8) is 0 Å². The summed E-state index contributed by atoms with van der Waals surface area (Å²) in [5.74, 6) is -0.447. The number of carbonyl (C=O) groups excluding carboxylic acids is 2. The van der Waals surface area contributed by atoms with Crippen molar-refractivity contribution >= 4 is 17.6 Å². The number of hydrogen-bond acceptors (Lipinski definition) is 2. The van der Waals surface area contributed by atoms with Crippen molar-refractivity contribution in [1.29, 1.82) is 0 Å². The van der Waals surface area contributed by atoms with Gasteiger partial charge in [0.2, 0.25) is 5.91 Å². The van der Waals surface area contributed by atoms with E-state index >= 15 is 0 Å². The molecule has 0 bridgehead atoms. The Kier molecular flexibility index (Phi) is 5.74. The molecule has 0 saturated heterocycles. The summed E-state index contributed by atoms with van der Waals surface area (Å²) in [6.45, 7) is 0. The van der Waals surface area contributed by atoms with Crippen molar-refractivity contribution in [1.82, 2.24) is 10.6 Å². The fraction of sp³-hybridized carbons (Fsp3) is 0.333.